The molecule has 3 heterocycles. The van der Waals surface area contributed by atoms with Crippen LogP contribution in [0.1, 0.15) is 5.56 Å². The van der Waals surface area contributed by atoms with E-state index in [0.29, 0.717) is 21.6 Å². The van der Waals surface area contributed by atoms with Crippen molar-refractivity contribution in [3.63, 3.8) is 0 Å². The fourth-order valence-corrected chi connectivity index (χ4v) is 3.52. The maximum absolute atomic E-state index is 11.1. The van der Waals surface area contributed by atoms with E-state index < -0.39 is 0 Å². The van der Waals surface area contributed by atoms with Crippen LogP contribution in [0.25, 0.3) is 28.0 Å². The van der Waals surface area contributed by atoms with Crippen LogP contribution < -0.4 is 11.5 Å². The van der Waals surface area contributed by atoms with Crippen LogP contribution in [0, 0.1) is 0 Å². The van der Waals surface area contributed by atoms with Gasteiger partial charge in [-0.15, -0.1) is 0 Å². The zero-order valence-electron chi connectivity index (χ0n) is 14.6. The molecule has 8 heteroatoms. The molecule has 136 valence electrons. The Morgan fingerprint density at radius 1 is 1.19 bits per heavy atom. The van der Waals surface area contributed by atoms with Gasteiger partial charge in [0.25, 0.3) is 0 Å². The lowest BCUT2D eigenvalue weighted by atomic mass is 10.1. The molecule has 1 aromatic carbocycles. The summed E-state index contributed by atoms with van der Waals surface area (Å²) < 4.78 is 4.26. The Morgan fingerprint density at radius 3 is 2.56 bits per heavy atom. The summed E-state index contributed by atoms with van der Waals surface area (Å²) in [6.07, 6.45) is 5.95. The Kier molecular flexibility index (Phi) is 4.19. The van der Waals surface area contributed by atoms with Crippen LogP contribution in [0.5, 0.6) is 0 Å². The van der Waals surface area contributed by atoms with Crippen molar-refractivity contribution in [1.29, 1.82) is 0 Å². The third kappa shape index (κ3) is 3.08. The highest BCUT2D eigenvalue weighted by atomic mass is 79.9. The fourth-order valence-electron chi connectivity index (χ4n) is 3.03. The van der Waals surface area contributed by atoms with Crippen LogP contribution in [0.15, 0.2) is 53.4 Å². The van der Waals surface area contributed by atoms with Crippen LogP contribution in [0.4, 0.5) is 5.82 Å². The second-order valence-electron chi connectivity index (χ2n) is 6.36. The predicted molar refractivity (Wildman–Crippen MR) is 108 cm³/mol. The van der Waals surface area contributed by atoms with Crippen molar-refractivity contribution < 1.29 is 4.79 Å². The highest BCUT2D eigenvalue weighted by Crippen LogP contribution is 2.34. The molecule has 0 aliphatic carbocycles. The van der Waals surface area contributed by atoms with Crippen molar-refractivity contribution in [3.8, 4) is 22.4 Å². The van der Waals surface area contributed by atoms with Crippen LogP contribution >= 0.6 is 15.9 Å². The van der Waals surface area contributed by atoms with Gasteiger partial charge >= 0.3 is 0 Å². The average molecular weight is 425 g/mol. The van der Waals surface area contributed by atoms with E-state index in [4.69, 9.17) is 16.5 Å². The number of aryl methyl sites for hydroxylation is 1. The molecule has 27 heavy (non-hydrogen) atoms. The number of anilines is 1. The lowest BCUT2D eigenvalue weighted by Crippen LogP contribution is -2.13. The van der Waals surface area contributed by atoms with Gasteiger partial charge in [-0.1, -0.05) is 24.3 Å². The fraction of sp³-hybridized carbons (Fsp3) is 0.105. The summed E-state index contributed by atoms with van der Waals surface area (Å²) in [6.45, 7) is 0. The Bertz CT molecular complexity index is 1160. The normalized spacial score (nSPS) is 11.2. The molecule has 4 N–H and O–H groups in total. The van der Waals surface area contributed by atoms with E-state index in [0.717, 1.165) is 22.3 Å². The minimum absolute atomic E-state index is 0.205. The number of rotatable bonds is 4. The highest BCUT2D eigenvalue weighted by Gasteiger charge is 2.17. The average Bonchev–Trinajstić information content (AvgIpc) is 3.24. The van der Waals surface area contributed by atoms with Crippen molar-refractivity contribution in [3.05, 3.63) is 59.0 Å². The van der Waals surface area contributed by atoms with Crippen molar-refractivity contribution in [2.75, 3.05) is 5.73 Å². The van der Waals surface area contributed by atoms with Crippen LogP contribution in [0.3, 0.4) is 0 Å². The highest BCUT2D eigenvalue weighted by molar-refractivity contribution is 9.10. The first-order valence-electron chi connectivity index (χ1n) is 8.26. The monoisotopic (exact) mass is 424 g/mol. The first kappa shape index (κ1) is 17.3. The van der Waals surface area contributed by atoms with Crippen molar-refractivity contribution in [1.82, 2.24) is 19.2 Å². The number of nitrogens with two attached hydrogens (primary N) is 2. The number of primary amides is 1. The Hall–Kier alpha value is -3.13. The molecule has 1 amide bonds. The van der Waals surface area contributed by atoms with Gasteiger partial charge in [-0.2, -0.15) is 9.61 Å². The minimum Gasteiger partial charge on any atom is -0.383 e. The Morgan fingerprint density at radius 2 is 1.93 bits per heavy atom. The van der Waals surface area contributed by atoms with E-state index in [1.54, 1.807) is 10.7 Å². The lowest BCUT2D eigenvalue weighted by Gasteiger charge is -2.10. The first-order chi connectivity index (χ1) is 12.9. The van der Waals surface area contributed by atoms with Gasteiger partial charge in [0.2, 0.25) is 5.91 Å². The van der Waals surface area contributed by atoms with Gasteiger partial charge in [0.1, 0.15) is 5.82 Å². The van der Waals surface area contributed by atoms with Gasteiger partial charge < -0.3 is 16.0 Å². The number of nitrogen functional groups attached to an aromatic ring is 1. The number of hydrogen-bond donors (Lipinski definition) is 2. The lowest BCUT2D eigenvalue weighted by molar-refractivity contribution is -0.117. The molecule has 4 aromatic rings. The van der Waals surface area contributed by atoms with Crippen LogP contribution in [0.2, 0.25) is 0 Å². The Labute approximate surface area is 163 Å². The Balaban J connectivity index is 1.85. The van der Waals surface area contributed by atoms with Gasteiger partial charge in [-0.25, -0.2) is 4.98 Å². The number of halogens is 1. The summed E-state index contributed by atoms with van der Waals surface area (Å²) in [5, 5.41) is 4.38. The maximum atomic E-state index is 11.1. The zero-order chi connectivity index (χ0) is 19.1. The molecule has 0 aliphatic heterocycles. The van der Waals surface area contributed by atoms with Crippen molar-refractivity contribution in [2.45, 2.75) is 6.42 Å². The second-order valence-corrected chi connectivity index (χ2v) is 7.15. The summed E-state index contributed by atoms with van der Waals surface area (Å²) >= 11 is 3.54. The molecular weight excluding hydrogens is 408 g/mol. The molecule has 0 radical (unpaired) electrons. The number of carbonyl (C=O) groups excluding carboxylic acids is 1. The number of carbonyl (C=O) groups is 1. The molecule has 0 saturated heterocycles. The largest absolute Gasteiger partial charge is 0.383 e. The number of benzene rings is 1. The number of nitrogens with zero attached hydrogens (tertiary/aromatic N) is 4. The molecule has 4 rings (SSSR count). The zero-order valence-corrected chi connectivity index (χ0v) is 16.1. The summed E-state index contributed by atoms with van der Waals surface area (Å²) in [4.78, 5) is 15.9. The molecule has 0 atom stereocenters. The van der Waals surface area contributed by atoms with Crippen LogP contribution in [-0.2, 0) is 18.3 Å². The smallest absolute Gasteiger partial charge is 0.221 e. The first-order valence-corrected chi connectivity index (χ1v) is 9.06. The van der Waals surface area contributed by atoms with Crippen LogP contribution in [-0.4, -0.2) is 25.1 Å². The predicted octanol–water partition coefficient (Wildman–Crippen LogP) is 2.77. The molecule has 7 nitrogen and oxygen atoms in total. The van der Waals surface area contributed by atoms with E-state index in [9.17, 15) is 4.79 Å². The van der Waals surface area contributed by atoms with Gasteiger partial charge in [-0.3, -0.25) is 4.79 Å². The van der Waals surface area contributed by atoms with Crippen molar-refractivity contribution in [2.24, 2.45) is 12.8 Å². The molecule has 0 aliphatic rings. The van der Waals surface area contributed by atoms with Gasteiger partial charge in [0.05, 0.1) is 22.8 Å². The number of amides is 1. The number of hydrogen-bond acceptors (Lipinski definition) is 4. The molecule has 3 aromatic heterocycles. The molecule has 0 unspecified atom stereocenters. The van der Waals surface area contributed by atoms with Gasteiger partial charge in [0.15, 0.2) is 5.65 Å². The van der Waals surface area contributed by atoms with E-state index in [1.807, 2.05) is 54.3 Å². The molecular formula is C19H17BrN6O. The quantitative estimate of drug-likeness (QED) is 0.525. The standard InChI is InChI=1S/C19H17BrN6O/c1-25-7-6-13(10-25)14-9-23-26-18(22)16(20)17(24-19(14)26)12-4-2-11(3-5-12)8-15(21)27/h2-7,9-10H,8,22H2,1H3,(H2,21,27). The number of fused-ring (bicyclic) bond motifs is 1. The molecule has 0 fully saturated rings. The van der Waals surface area contributed by atoms with Crippen molar-refractivity contribution >= 4 is 33.3 Å². The second kappa shape index (κ2) is 6.55. The molecule has 0 spiro atoms. The molecule has 0 bridgehead atoms. The van der Waals surface area contributed by atoms with E-state index in [-0.39, 0.29) is 12.3 Å². The summed E-state index contributed by atoms with van der Waals surface area (Å²) in [6, 6.07) is 9.54. The third-order valence-electron chi connectivity index (χ3n) is 4.37. The summed E-state index contributed by atoms with van der Waals surface area (Å²) in [5.41, 5.74) is 16.6. The van der Waals surface area contributed by atoms with E-state index in [2.05, 4.69) is 21.0 Å². The third-order valence-corrected chi connectivity index (χ3v) is 5.15. The van der Waals surface area contributed by atoms with E-state index >= 15 is 0 Å². The minimum atomic E-state index is -0.362. The maximum Gasteiger partial charge on any atom is 0.221 e. The molecule has 0 saturated carbocycles. The summed E-state index contributed by atoms with van der Waals surface area (Å²) in [5.74, 6) is 0.109. The van der Waals surface area contributed by atoms with E-state index in [1.165, 1.54) is 0 Å². The summed E-state index contributed by atoms with van der Waals surface area (Å²) in [7, 11) is 1.96. The topological polar surface area (TPSA) is 104 Å². The van der Waals surface area contributed by atoms with Gasteiger partial charge in [0, 0.05) is 36.1 Å². The number of aromatic nitrogens is 4. The SMILES string of the molecule is Cn1ccc(-c2cnn3c(N)c(Br)c(-c4ccc(CC(N)=O)cc4)nc23)c1. The van der Waals surface area contributed by atoms with Gasteiger partial charge in [-0.05, 0) is 27.6 Å².